The van der Waals surface area contributed by atoms with Gasteiger partial charge in [-0.15, -0.1) is 0 Å². The molecule has 3 heteroatoms. The highest BCUT2D eigenvalue weighted by Gasteiger charge is 2.20. The van der Waals surface area contributed by atoms with Gasteiger partial charge in [-0.05, 0) is 17.4 Å². The fraction of sp³-hybridized carbons (Fsp3) is 0.533. The first-order chi connectivity index (χ1) is 8.37. The second-order valence-electron chi connectivity index (χ2n) is 5.93. The minimum Gasteiger partial charge on any atom is -0.481 e. The third-order valence-corrected chi connectivity index (χ3v) is 2.72. The van der Waals surface area contributed by atoms with E-state index in [-0.39, 0.29) is 17.9 Å². The van der Waals surface area contributed by atoms with E-state index in [1.54, 1.807) is 0 Å². The Morgan fingerprint density at radius 3 is 2.39 bits per heavy atom. The number of hydrogen-bond donors (Lipinski definition) is 2. The molecule has 0 bridgehead atoms. The SMILES string of the molecule is CC(C)(C)CC(CC(=O)O)NCc1ccccc1. The summed E-state index contributed by atoms with van der Waals surface area (Å²) >= 11 is 0. The van der Waals surface area contributed by atoms with E-state index in [2.05, 4.69) is 26.1 Å². The quantitative estimate of drug-likeness (QED) is 0.814. The fourth-order valence-corrected chi connectivity index (χ4v) is 2.02. The van der Waals surface area contributed by atoms with Crippen molar-refractivity contribution in [3.05, 3.63) is 35.9 Å². The van der Waals surface area contributed by atoms with Gasteiger partial charge < -0.3 is 10.4 Å². The monoisotopic (exact) mass is 249 g/mol. The third kappa shape index (κ3) is 6.40. The molecule has 0 fully saturated rings. The van der Waals surface area contributed by atoms with E-state index in [1.807, 2.05) is 30.3 Å². The number of benzene rings is 1. The molecule has 0 radical (unpaired) electrons. The molecule has 1 unspecified atom stereocenters. The maximum atomic E-state index is 10.9. The molecule has 0 spiro atoms. The number of carbonyl (C=O) groups is 1. The van der Waals surface area contributed by atoms with Crippen molar-refractivity contribution in [3.63, 3.8) is 0 Å². The largest absolute Gasteiger partial charge is 0.481 e. The molecule has 1 atom stereocenters. The molecule has 1 aromatic rings. The van der Waals surface area contributed by atoms with Gasteiger partial charge in [0.2, 0.25) is 0 Å². The van der Waals surface area contributed by atoms with E-state index in [0.29, 0.717) is 0 Å². The third-order valence-electron chi connectivity index (χ3n) is 2.72. The van der Waals surface area contributed by atoms with E-state index in [4.69, 9.17) is 5.11 Å². The van der Waals surface area contributed by atoms with Crippen LogP contribution in [-0.4, -0.2) is 17.1 Å². The summed E-state index contributed by atoms with van der Waals surface area (Å²) in [6.45, 7) is 7.11. The summed E-state index contributed by atoms with van der Waals surface area (Å²) in [5, 5.41) is 12.3. The van der Waals surface area contributed by atoms with Gasteiger partial charge in [-0.3, -0.25) is 4.79 Å². The number of carboxylic acid groups (broad SMARTS) is 1. The number of hydrogen-bond acceptors (Lipinski definition) is 2. The number of carboxylic acids is 1. The standard InChI is InChI=1S/C15H23NO2/c1-15(2,3)10-13(9-14(17)18)16-11-12-7-5-4-6-8-12/h4-8,13,16H,9-11H2,1-3H3,(H,17,18). The van der Waals surface area contributed by atoms with Gasteiger partial charge in [0.25, 0.3) is 0 Å². The van der Waals surface area contributed by atoms with E-state index in [1.165, 1.54) is 5.56 Å². The molecule has 1 rings (SSSR count). The van der Waals surface area contributed by atoms with Crippen molar-refractivity contribution >= 4 is 5.97 Å². The summed E-state index contributed by atoms with van der Waals surface area (Å²) in [6.07, 6.45) is 1.02. The average molecular weight is 249 g/mol. The molecule has 18 heavy (non-hydrogen) atoms. The Kier molecular flexibility index (Phi) is 5.35. The summed E-state index contributed by atoms with van der Waals surface area (Å²) in [6, 6.07) is 10.1. The van der Waals surface area contributed by atoms with Gasteiger partial charge >= 0.3 is 5.97 Å². The second-order valence-corrected chi connectivity index (χ2v) is 5.93. The minimum atomic E-state index is -0.746. The molecular formula is C15H23NO2. The molecule has 1 aromatic carbocycles. The van der Waals surface area contributed by atoms with Crippen molar-refractivity contribution in [2.24, 2.45) is 5.41 Å². The van der Waals surface area contributed by atoms with Crippen molar-refractivity contribution in [2.45, 2.75) is 46.2 Å². The van der Waals surface area contributed by atoms with Gasteiger partial charge in [0, 0.05) is 12.6 Å². The number of rotatable bonds is 6. The summed E-state index contributed by atoms with van der Waals surface area (Å²) < 4.78 is 0. The maximum absolute atomic E-state index is 10.9. The summed E-state index contributed by atoms with van der Waals surface area (Å²) in [5.41, 5.74) is 1.31. The summed E-state index contributed by atoms with van der Waals surface area (Å²) in [5.74, 6) is -0.746. The van der Waals surface area contributed by atoms with Crippen LogP contribution in [-0.2, 0) is 11.3 Å². The normalized spacial score (nSPS) is 13.3. The molecule has 0 aliphatic rings. The van der Waals surface area contributed by atoms with Crippen molar-refractivity contribution in [2.75, 3.05) is 0 Å². The van der Waals surface area contributed by atoms with Gasteiger partial charge in [0.1, 0.15) is 0 Å². The first-order valence-corrected chi connectivity index (χ1v) is 6.36. The zero-order valence-electron chi connectivity index (χ0n) is 11.4. The van der Waals surface area contributed by atoms with Gasteiger partial charge in [0.05, 0.1) is 6.42 Å². The molecular weight excluding hydrogens is 226 g/mol. The zero-order valence-corrected chi connectivity index (χ0v) is 11.4. The predicted octanol–water partition coefficient (Wildman–Crippen LogP) is 3.06. The lowest BCUT2D eigenvalue weighted by Crippen LogP contribution is -2.34. The van der Waals surface area contributed by atoms with E-state index >= 15 is 0 Å². The average Bonchev–Trinajstić information content (AvgIpc) is 2.24. The van der Waals surface area contributed by atoms with Gasteiger partial charge in [0.15, 0.2) is 0 Å². The lowest BCUT2D eigenvalue weighted by atomic mass is 9.87. The molecule has 0 saturated carbocycles. The molecule has 0 aliphatic carbocycles. The lowest BCUT2D eigenvalue weighted by Gasteiger charge is -2.26. The Labute approximate surface area is 109 Å². The van der Waals surface area contributed by atoms with Crippen LogP contribution >= 0.6 is 0 Å². The van der Waals surface area contributed by atoms with Crippen LogP contribution in [0.5, 0.6) is 0 Å². The van der Waals surface area contributed by atoms with Gasteiger partial charge in [-0.25, -0.2) is 0 Å². The molecule has 3 nitrogen and oxygen atoms in total. The van der Waals surface area contributed by atoms with Crippen LogP contribution in [0, 0.1) is 5.41 Å². The Bertz CT molecular complexity index is 368. The van der Waals surface area contributed by atoms with Gasteiger partial charge in [-0.2, -0.15) is 0 Å². The van der Waals surface area contributed by atoms with Crippen molar-refractivity contribution in [1.29, 1.82) is 0 Å². The predicted molar refractivity (Wildman–Crippen MR) is 73.4 cm³/mol. The molecule has 0 aliphatic heterocycles. The topological polar surface area (TPSA) is 49.3 Å². The fourth-order valence-electron chi connectivity index (χ4n) is 2.02. The van der Waals surface area contributed by atoms with Crippen LogP contribution in [0.4, 0.5) is 0 Å². The molecule has 0 heterocycles. The number of nitrogens with one attached hydrogen (secondary N) is 1. The molecule has 0 amide bonds. The Balaban J connectivity index is 2.53. The van der Waals surface area contributed by atoms with E-state index in [0.717, 1.165) is 13.0 Å². The lowest BCUT2D eigenvalue weighted by molar-refractivity contribution is -0.137. The smallest absolute Gasteiger partial charge is 0.304 e. The van der Waals surface area contributed by atoms with E-state index < -0.39 is 5.97 Å². The maximum Gasteiger partial charge on any atom is 0.304 e. The Morgan fingerprint density at radius 1 is 1.28 bits per heavy atom. The van der Waals surface area contributed by atoms with Crippen molar-refractivity contribution in [1.82, 2.24) is 5.32 Å². The highest BCUT2D eigenvalue weighted by Crippen LogP contribution is 2.22. The van der Waals surface area contributed by atoms with Crippen LogP contribution in [0.25, 0.3) is 0 Å². The molecule has 0 aromatic heterocycles. The Hall–Kier alpha value is -1.35. The minimum absolute atomic E-state index is 0.0164. The van der Waals surface area contributed by atoms with Crippen molar-refractivity contribution in [3.8, 4) is 0 Å². The summed E-state index contributed by atoms with van der Waals surface area (Å²) in [7, 11) is 0. The first-order valence-electron chi connectivity index (χ1n) is 6.36. The van der Waals surface area contributed by atoms with Crippen LogP contribution in [0.1, 0.15) is 39.2 Å². The van der Waals surface area contributed by atoms with Crippen LogP contribution in [0.15, 0.2) is 30.3 Å². The van der Waals surface area contributed by atoms with Crippen LogP contribution < -0.4 is 5.32 Å². The molecule has 100 valence electrons. The molecule has 0 saturated heterocycles. The molecule has 2 N–H and O–H groups in total. The summed E-state index contributed by atoms with van der Waals surface area (Å²) in [4.78, 5) is 10.9. The van der Waals surface area contributed by atoms with Crippen LogP contribution in [0.3, 0.4) is 0 Å². The van der Waals surface area contributed by atoms with Gasteiger partial charge in [-0.1, -0.05) is 51.1 Å². The Morgan fingerprint density at radius 2 is 1.89 bits per heavy atom. The van der Waals surface area contributed by atoms with Crippen LogP contribution in [0.2, 0.25) is 0 Å². The highest BCUT2D eigenvalue weighted by molar-refractivity contribution is 5.67. The second kappa shape index (κ2) is 6.55. The number of aliphatic carboxylic acids is 1. The zero-order chi connectivity index (χ0) is 13.6. The van der Waals surface area contributed by atoms with E-state index in [9.17, 15) is 4.79 Å². The van der Waals surface area contributed by atoms with Crippen molar-refractivity contribution < 1.29 is 9.90 Å². The highest BCUT2D eigenvalue weighted by atomic mass is 16.4. The first kappa shape index (κ1) is 14.7.